The van der Waals surface area contributed by atoms with E-state index < -0.39 is 0 Å². The van der Waals surface area contributed by atoms with Gasteiger partial charge in [0, 0.05) is 12.1 Å². The zero-order valence-corrected chi connectivity index (χ0v) is 13.6. The van der Waals surface area contributed by atoms with Crippen LogP contribution in [0.3, 0.4) is 0 Å². The fraction of sp³-hybridized carbons (Fsp3) is 0.167. The van der Waals surface area contributed by atoms with Gasteiger partial charge in [0.1, 0.15) is 18.2 Å². The molecular formula is C18H18FN5O. The number of hydrogen-bond acceptors (Lipinski definition) is 5. The molecule has 1 aromatic heterocycles. The summed E-state index contributed by atoms with van der Waals surface area (Å²) < 4.78 is 20.5. The molecule has 0 bridgehead atoms. The highest BCUT2D eigenvalue weighted by molar-refractivity contribution is 5.37. The fourth-order valence-corrected chi connectivity index (χ4v) is 2.28. The summed E-state index contributed by atoms with van der Waals surface area (Å²) in [4.78, 5) is 0. The number of para-hydroxylation sites is 1. The molecule has 7 heteroatoms. The first-order valence-corrected chi connectivity index (χ1v) is 7.82. The quantitative estimate of drug-likeness (QED) is 0.639. The third kappa shape index (κ3) is 4.41. The Kier molecular flexibility index (Phi) is 5.36. The summed E-state index contributed by atoms with van der Waals surface area (Å²) in [5.41, 5.74) is 1.87. The van der Waals surface area contributed by atoms with Crippen LogP contribution in [0, 0.1) is 5.82 Å². The third-order valence-electron chi connectivity index (χ3n) is 3.55. The predicted molar refractivity (Wildman–Crippen MR) is 92.5 cm³/mol. The number of benzene rings is 2. The summed E-state index contributed by atoms with van der Waals surface area (Å²) in [6.07, 6.45) is 1.72. The maximum Gasteiger partial charge on any atom is 0.243 e. The number of tetrazole rings is 1. The molecule has 0 radical (unpaired) electrons. The molecule has 2 aromatic carbocycles. The van der Waals surface area contributed by atoms with Crippen LogP contribution in [0.15, 0.2) is 61.2 Å². The summed E-state index contributed by atoms with van der Waals surface area (Å²) in [7, 11) is 0. The van der Waals surface area contributed by atoms with Crippen molar-refractivity contribution >= 4 is 5.95 Å². The lowest BCUT2D eigenvalue weighted by Crippen LogP contribution is -2.09. The largest absolute Gasteiger partial charge is 0.489 e. The van der Waals surface area contributed by atoms with E-state index in [1.807, 2.05) is 24.3 Å². The van der Waals surface area contributed by atoms with Gasteiger partial charge in [-0.1, -0.05) is 41.5 Å². The fourth-order valence-electron chi connectivity index (χ4n) is 2.28. The zero-order valence-electron chi connectivity index (χ0n) is 13.6. The minimum absolute atomic E-state index is 0.259. The lowest BCUT2D eigenvalue weighted by atomic mass is 10.2. The van der Waals surface area contributed by atoms with Crippen LogP contribution in [0.4, 0.5) is 10.3 Å². The standard InChI is InChI=1S/C18H18FN5O/c1-2-11-24-18(21-22-23-24)20-12-15-5-3-4-6-17(15)25-13-14-7-9-16(19)10-8-14/h2-10H,1,11-13H2,(H,20,21,23). The predicted octanol–water partition coefficient (Wildman–Crippen LogP) is 3.19. The summed E-state index contributed by atoms with van der Waals surface area (Å²) in [5.74, 6) is 1.06. The third-order valence-corrected chi connectivity index (χ3v) is 3.55. The van der Waals surface area contributed by atoms with E-state index in [0.29, 0.717) is 25.6 Å². The number of hydrogen-bond donors (Lipinski definition) is 1. The van der Waals surface area contributed by atoms with Gasteiger partial charge in [0.25, 0.3) is 0 Å². The van der Waals surface area contributed by atoms with Gasteiger partial charge >= 0.3 is 0 Å². The Morgan fingerprint density at radius 1 is 1.16 bits per heavy atom. The van der Waals surface area contributed by atoms with E-state index in [0.717, 1.165) is 16.9 Å². The lowest BCUT2D eigenvalue weighted by molar-refractivity contribution is 0.303. The van der Waals surface area contributed by atoms with Crippen LogP contribution in [0.2, 0.25) is 0 Å². The van der Waals surface area contributed by atoms with Crippen LogP contribution >= 0.6 is 0 Å². The Hall–Kier alpha value is -3.22. The molecule has 0 saturated carbocycles. The Morgan fingerprint density at radius 2 is 1.96 bits per heavy atom. The van der Waals surface area contributed by atoms with Gasteiger partial charge in [-0.3, -0.25) is 0 Å². The number of halogens is 1. The van der Waals surface area contributed by atoms with E-state index in [-0.39, 0.29) is 5.82 Å². The van der Waals surface area contributed by atoms with Crippen LogP contribution in [0.1, 0.15) is 11.1 Å². The average Bonchev–Trinajstić information content (AvgIpc) is 3.08. The van der Waals surface area contributed by atoms with E-state index in [1.54, 1.807) is 22.9 Å². The summed E-state index contributed by atoms with van der Waals surface area (Å²) in [6, 6.07) is 14.0. The molecule has 0 amide bonds. The molecule has 0 fully saturated rings. The smallest absolute Gasteiger partial charge is 0.243 e. The SMILES string of the molecule is C=CCn1nnnc1NCc1ccccc1OCc1ccc(F)cc1. The first-order valence-electron chi connectivity index (χ1n) is 7.82. The summed E-state index contributed by atoms with van der Waals surface area (Å²) in [6.45, 7) is 5.08. The molecular weight excluding hydrogens is 321 g/mol. The summed E-state index contributed by atoms with van der Waals surface area (Å²) in [5, 5.41) is 14.7. The molecule has 128 valence electrons. The lowest BCUT2D eigenvalue weighted by Gasteiger charge is -2.12. The number of rotatable bonds is 8. The van der Waals surface area contributed by atoms with Crippen molar-refractivity contribution in [3.8, 4) is 5.75 Å². The Labute approximate surface area is 144 Å². The highest BCUT2D eigenvalue weighted by Gasteiger charge is 2.07. The van der Waals surface area contributed by atoms with Gasteiger partial charge in [-0.05, 0) is 34.2 Å². The van der Waals surface area contributed by atoms with Crippen molar-refractivity contribution < 1.29 is 9.13 Å². The van der Waals surface area contributed by atoms with Crippen molar-refractivity contribution in [1.82, 2.24) is 20.2 Å². The molecule has 0 atom stereocenters. The number of ether oxygens (including phenoxy) is 1. The van der Waals surface area contributed by atoms with E-state index in [1.165, 1.54) is 12.1 Å². The van der Waals surface area contributed by atoms with Crippen molar-refractivity contribution in [1.29, 1.82) is 0 Å². The van der Waals surface area contributed by atoms with Crippen molar-refractivity contribution in [3.05, 3.63) is 78.1 Å². The van der Waals surface area contributed by atoms with Crippen molar-refractivity contribution in [2.75, 3.05) is 5.32 Å². The minimum atomic E-state index is -0.259. The van der Waals surface area contributed by atoms with Gasteiger partial charge in [0.05, 0.1) is 6.54 Å². The number of allylic oxidation sites excluding steroid dienone is 1. The van der Waals surface area contributed by atoms with Gasteiger partial charge in [0.2, 0.25) is 5.95 Å². The van der Waals surface area contributed by atoms with Gasteiger partial charge in [0.15, 0.2) is 0 Å². The second kappa shape index (κ2) is 8.05. The second-order valence-corrected chi connectivity index (χ2v) is 5.35. The van der Waals surface area contributed by atoms with Crippen LogP contribution in [0.25, 0.3) is 0 Å². The van der Waals surface area contributed by atoms with Gasteiger partial charge in [-0.25, -0.2) is 9.07 Å². The first kappa shape index (κ1) is 16.6. The van der Waals surface area contributed by atoms with Gasteiger partial charge in [-0.15, -0.1) is 6.58 Å². The molecule has 25 heavy (non-hydrogen) atoms. The Morgan fingerprint density at radius 3 is 2.76 bits per heavy atom. The van der Waals surface area contributed by atoms with E-state index >= 15 is 0 Å². The molecule has 0 saturated heterocycles. The topological polar surface area (TPSA) is 64.9 Å². The van der Waals surface area contributed by atoms with Crippen LogP contribution in [-0.4, -0.2) is 20.2 Å². The Balaban J connectivity index is 1.65. The van der Waals surface area contributed by atoms with Crippen molar-refractivity contribution in [3.63, 3.8) is 0 Å². The molecule has 6 nitrogen and oxygen atoms in total. The highest BCUT2D eigenvalue weighted by Crippen LogP contribution is 2.20. The molecule has 0 aliphatic carbocycles. The van der Waals surface area contributed by atoms with E-state index in [9.17, 15) is 4.39 Å². The van der Waals surface area contributed by atoms with Crippen LogP contribution < -0.4 is 10.1 Å². The highest BCUT2D eigenvalue weighted by atomic mass is 19.1. The average molecular weight is 339 g/mol. The number of anilines is 1. The Bertz CT molecular complexity index is 831. The zero-order chi connectivity index (χ0) is 17.5. The molecule has 1 N–H and O–H groups in total. The van der Waals surface area contributed by atoms with Gasteiger partial charge in [-0.2, -0.15) is 0 Å². The van der Waals surface area contributed by atoms with E-state index in [2.05, 4.69) is 27.4 Å². The maximum absolute atomic E-state index is 13.0. The van der Waals surface area contributed by atoms with Crippen molar-refractivity contribution in [2.24, 2.45) is 0 Å². The van der Waals surface area contributed by atoms with Gasteiger partial charge < -0.3 is 10.1 Å². The first-order chi connectivity index (χ1) is 12.3. The molecule has 0 unspecified atom stereocenters. The van der Waals surface area contributed by atoms with Crippen LogP contribution in [0.5, 0.6) is 5.75 Å². The van der Waals surface area contributed by atoms with E-state index in [4.69, 9.17) is 4.74 Å². The molecule has 3 aromatic rings. The second-order valence-electron chi connectivity index (χ2n) is 5.35. The molecule has 1 heterocycles. The van der Waals surface area contributed by atoms with Crippen LogP contribution in [-0.2, 0) is 19.7 Å². The monoisotopic (exact) mass is 339 g/mol. The maximum atomic E-state index is 13.0. The molecule has 0 aliphatic rings. The molecule has 3 rings (SSSR count). The summed E-state index contributed by atoms with van der Waals surface area (Å²) >= 11 is 0. The normalized spacial score (nSPS) is 10.4. The number of nitrogens with one attached hydrogen (secondary N) is 1. The molecule has 0 spiro atoms. The number of nitrogens with zero attached hydrogens (tertiary/aromatic N) is 4. The number of aromatic nitrogens is 4. The van der Waals surface area contributed by atoms with Crippen molar-refractivity contribution in [2.45, 2.75) is 19.7 Å². The minimum Gasteiger partial charge on any atom is -0.489 e. The molecule has 0 aliphatic heterocycles.